The van der Waals surface area contributed by atoms with E-state index in [-0.39, 0.29) is 11.9 Å². The van der Waals surface area contributed by atoms with E-state index >= 15 is 0 Å². The Morgan fingerprint density at radius 3 is 1.83 bits per heavy atom. The monoisotopic (exact) mass is 408 g/mol. The fraction of sp³-hybridized carbons (Fsp3) is 0.846. The SMILES string of the molecule is CCCCCCCC/C=C/CCCCCCCCC(=O)C[C@@H](C)CCC(=O)OC. The molecule has 1 atom stereocenters. The Morgan fingerprint density at radius 1 is 0.759 bits per heavy atom. The lowest BCUT2D eigenvalue weighted by molar-refractivity contribution is -0.141. The maximum atomic E-state index is 12.0. The van der Waals surface area contributed by atoms with Gasteiger partial charge in [-0.2, -0.15) is 0 Å². The predicted molar refractivity (Wildman–Crippen MR) is 124 cm³/mol. The molecule has 0 aliphatic heterocycles. The average molecular weight is 409 g/mol. The molecule has 0 aliphatic rings. The standard InChI is InChI=1S/C26H48O3/c1-4-5-6-7-8-9-10-11-12-13-14-15-16-17-18-19-20-25(27)23-24(2)21-22-26(28)29-3/h11-12,24H,4-10,13-23H2,1-3H3/b12-11+/t24-/m0/s1. The summed E-state index contributed by atoms with van der Waals surface area (Å²) in [6, 6.07) is 0. The second-order valence-corrected chi connectivity index (χ2v) is 8.65. The zero-order chi connectivity index (χ0) is 21.6. The second-order valence-electron chi connectivity index (χ2n) is 8.65. The van der Waals surface area contributed by atoms with E-state index in [1.807, 2.05) is 6.92 Å². The van der Waals surface area contributed by atoms with Gasteiger partial charge in [0.05, 0.1) is 7.11 Å². The number of esters is 1. The molecule has 0 aromatic rings. The molecule has 0 saturated carbocycles. The highest BCUT2D eigenvalue weighted by Gasteiger charge is 2.11. The van der Waals surface area contributed by atoms with Crippen LogP contribution in [0.15, 0.2) is 12.2 Å². The van der Waals surface area contributed by atoms with Crippen molar-refractivity contribution >= 4 is 11.8 Å². The number of allylic oxidation sites excluding steroid dienone is 2. The van der Waals surface area contributed by atoms with E-state index in [1.165, 1.54) is 84.2 Å². The normalized spacial score (nSPS) is 12.4. The largest absolute Gasteiger partial charge is 0.469 e. The Bertz CT molecular complexity index is 414. The molecular weight excluding hydrogens is 360 g/mol. The molecule has 0 aromatic heterocycles. The van der Waals surface area contributed by atoms with E-state index in [0.29, 0.717) is 25.0 Å². The second kappa shape index (κ2) is 21.6. The van der Waals surface area contributed by atoms with Crippen molar-refractivity contribution in [1.29, 1.82) is 0 Å². The first-order chi connectivity index (χ1) is 14.1. The molecule has 0 aliphatic carbocycles. The highest BCUT2D eigenvalue weighted by Crippen LogP contribution is 2.15. The van der Waals surface area contributed by atoms with Crippen molar-refractivity contribution in [2.24, 2.45) is 5.92 Å². The third kappa shape index (κ3) is 21.4. The third-order valence-corrected chi connectivity index (χ3v) is 5.61. The number of rotatable bonds is 21. The minimum absolute atomic E-state index is 0.183. The maximum Gasteiger partial charge on any atom is 0.305 e. The van der Waals surface area contributed by atoms with Crippen LogP contribution in [0.2, 0.25) is 0 Å². The van der Waals surface area contributed by atoms with Crippen LogP contribution >= 0.6 is 0 Å². The number of methoxy groups -OCH3 is 1. The zero-order valence-electron chi connectivity index (χ0n) is 19.7. The molecule has 3 heteroatoms. The fourth-order valence-corrected chi connectivity index (χ4v) is 3.63. The van der Waals surface area contributed by atoms with Crippen molar-refractivity contribution in [3.05, 3.63) is 12.2 Å². The molecule has 0 spiro atoms. The highest BCUT2D eigenvalue weighted by atomic mass is 16.5. The molecule has 0 N–H and O–H groups in total. The summed E-state index contributed by atoms with van der Waals surface area (Å²) in [7, 11) is 1.41. The third-order valence-electron chi connectivity index (χ3n) is 5.61. The van der Waals surface area contributed by atoms with Crippen LogP contribution in [0.25, 0.3) is 0 Å². The van der Waals surface area contributed by atoms with Crippen LogP contribution in [0.4, 0.5) is 0 Å². The average Bonchev–Trinajstić information content (AvgIpc) is 2.71. The smallest absolute Gasteiger partial charge is 0.305 e. The minimum Gasteiger partial charge on any atom is -0.469 e. The minimum atomic E-state index is -0.183. The fourth-order valence-electron chi connectivity index (χ4n) is 3.63. The summed E-state index contributed by atoms with van der Waals surface area (Å²) in [6.07, 6.45) is 25.2. The topological polar surface area (TPSA) is 43.4 Å². The molecule has 0 amide bonds. The van der Waals surface area contributed by atoms with Crippen LogP contribution < -0.4 is 0 Å². The van der Waals surface area contributed by atoms with Crippen LogP contribution in [0, 0.1) is 5.92 Å². The van der Waals surface area contributed by atoms with Crippen molar-refractivity contribution in [3.8, 4) is 0 Å². The summed E-state index contributed by atoms with van der Waals surface area (Å²) in [6.45, 7) is 4.31. The van der Waals surface area contributed by atoms with E-state index < -0.39 is 0 Å². The molecule has 0 radical (unpaired) electrons. The number of Topliss-reactive ketones (excluding diaryl/α,β-unsaturated/α-hetero) is 1. The molecule has 0 saturated heterocycles. The molecule has 0 heterocycles. The zero-order valence-corrected chi connectivity index (χ0v) is 19.7. The summed E-state index contributed by atoms with van der Waals surface area (Å²) in [4.78, 5) is 23.1. The van der Waals surface area contributed by atoms with Crippen molar-refractivity contribution < 1.29 is 14.3 Å². The number of ether oxygens (including phenoxy) is 1. The molecule has 3 nitrogen and oxygen atoms in total. The van der Waals surface area contributed by atoms with Crippen molar-refractivity contribution in [1.82, 2.24) is 0 Å². The number of carbonyl (C=O) groups excluding carboxylic acids is 2. The first-order valence-electron chi connectivity index (χ1n) is 12.3. The quantitative estimate of drug-likeness (QED) is 0.110. The van der Waals surface area contributed by atoms with Gasteiger partial charge < -0.3 is 4.74 Å². The van der Waals surface area contributed by atoms with Gasteiger partial charge in [-0.15, -0.1) is 0 Å². The molecular formula is C26H48O3. The number of ketones is 1. The van der Waals surface area contributed by atoms with Crippen molar-refractivity contribution in [2.45, 2.75) is 129 Å². The maximum absolute atomic E-state index is 12.0. The van der Waals surface area contributed by atoms with E-state index in [9.17, 15) is 9.59 Å². The Labute approximate surface area is 181 Å². The van der Waals surface area contributed by atoms with E-state index in [2.05, 4.69) is 23.8 Å². The van der Waals surface area contributed by atoms with Crippen molar-refractivity contribution in [3.63, 3.8) is 0 Å². The summed E-state index contributed by atoms with van der Waals surface area (Å²) in [5, 5.41) is 0. The molecule has 0 unspecified atom stereocenters. The van der Waals surface area contributed by atoms with Crippen LogP contribution in [0.1, 0.15) is 129 Å². The summed E-state index contributed by atoms with van der Waals surface area (Å²) >= 11 is 0. The molecule has 0 fully saturated rings. The lowest BCUT2D eigenvalue weighted by atomic mass is 9.96. The number of unbranched alkanes of at least 4 members (excludes halogenated alkanes) is 12. The van der Waals surface area contributed by atoms with Crippen LogP contribution in [-0.4, -0.2) is 18.9 Å². The van der Waals surface area contributed by atoms with Gasteiger partial charge in [0, 0.05) is 19.3 Å². The molecule has 170 valence electrons. The summed E-state index contributed by atoms with van der Waals surface area (Å²) in [5.74, 6) is 0.436. The van der Waals surface area contributed by atoms with Gasteiger partial charge in [-0.3, -0.25) is 9.59 Å². The van der Waals surface area contributed by atoms with Gasteiger partial charge in [0.2, 0.25) is 0 Å². The van der Waals surface area contributed by atoms with Gasteiger partial charge in [0.15, 0.2) is 0 Å². The van der Waals surface area contributed by atoms with E-state index in [1.54, 1.807) is 0 Å². The molecule has 29 heavy (non-hydrogen) atoms. The first-order valence-corrected chi connectivity index (χ1v) is 12.3. The van der Waals surface area contributed by atoms with Gasteiger partial charge in [0.1, 0.15) is 5.78 Å². The lowest BCUT2D eigenvalue weighted by Gasteiger charge is -2.09. The van der Waals surface area contributed by atoms with Gasteiger partial charge in [-0.1, -0.05) is 83.8 Å². The van der Waals surface area contributed by atoms with Gasteiger partial charge in [-0.05, 0) is 44.4 Å². The number of hydrogen-bond acceptors (Lipinski definition) is 3. The van der Waals surface area contributed by atoms with Gasteiger partial charge in [-0.25, -0.2) is 0 Å². The molecule has 0 aromatic carbocycles. The number of carbonyl (C=O) groups is 2. The summed E-state index contributed by atoms with van der Waals surface area (Å²) in [5.41, 5.74) is 0. The first kappa shape index (κ1) is 27.9. The lowest BCUT2D eigenvalue weighted by Crippen LogP contribution is -2.08. The number of hydrogen-bond donors (Lipinski definition) is 0. The van der Waals surface area contributed by atoms with Gasteiger partial charge >= 0.3 is 5.97 Å². The van der Waals surface area contributed by atoms with E-state index in [4.69, 9.17) is 0 Å². The Kier molecular flexibility index (Phi) is 20.8. The van der Waals surface area contributed by atoms with Crippen LogP contribution in [-0.2, 0) is 14.3 Å². The van der Waals surface area contributed by atoms with Crippen LogP contribution in [0.5, 0.6) is 0 Å². The predicted octanol–water partition coefficient (Wildman–Crippen LogP) is 7.96. The Balaban J connectivity index is 3.34. The summed E-state index contributed by atoms with van der Waals surface area (Å²) < 4.78 is 4.64. The van der Waals surface area contributed by atoms with Gasteiger partial charge in [0.25, 0.3) is 0 Å². The van der Waals surface area contributed by atoms with Crippen molar-refractivity contribution in [2.75, 3.05) is 7.11 Å². The Hall–Kier alpha value is -1.12. The van der Waals surface area contributed by atoms with Crippen LogP contribution in [0.3, 0.4) is 0 Å². The Morgan fingerprint density at radius 2 is 1.28 bits per heavy atom. The molecule has 0 rings (SSSR count). The highest BCUT2D eigenvalue weighted by molar-refractivity contribution is 5.78. The van der Waals surface area contributed by atoms with E-state index in [0.717, 1.165) is 19.3 Å². The molecule has 0 bridgehead atoms.